The molecule has 2 aliphatic rings. The summed E-state index contributed by atoms with van der Waals surface area (Å²) in [6.07, 6.45) is 34.0. The molecule has 4 unspecified atom stereocenters. The number of unbranched alkanes of at least 4 members (excludes halogenated alkanes) is 14. The highest BCUT2D eigenvalue weighted by atomic mass is 16.7. The lowest BCUT2D eigenvalue weighted by molar-refractivity contribution is -0.332. The summed E-state index contributed by atoms with van der Waals surface area (Å²) in [6, 6.07) is 0. The summed E-state index contributed by atoms with van der Waals surface area (Å²) < 4.78 is 33.3. The average molecular weight is 991 g/mol. The smallest absolute Gasteiger partial charge is 0.330 e. The SMILES string of the molecule is CCCCC/C=C/C/C=C/C/C=C/C/C=C/C/C=C/CCC(=O)O[C@H](COC(=O)/C=C/C=C/CCCCCCCCCCCCC)CO[C@H]1O[C@@H](CO[C@H]2O[C@@H](CO)[C@@H](O)C(O)C2O)[C@@H](O)C(O)C1O. The Morgan fingerprint density at radius 2 is 0.957 bits per heavy atom. The molecule has 0 aromatic rings. The van der Waals surface area contributed by atoms with Crippen LogP contribution in [0.4, 0.5) is 0 Å². The predicted octanol–water partition coefficient (Wildman–Crippen LogP) is 7.60. The van der Waals surface area contributed by atoms with Crippen LogP contribution in [0.1, 0.15) is 155 Å². The van der Waals surface area contributed by atoms with Gasteiger partial charge in [0.2, 0.25) is 0 Å². The molecular formula is C55H90O15. The molecule has 15 heteroatoms. The van der Waals surface area contributed by atoms with Crippen LogP contribution < -0.4 is 0 Å². The van der Waals surface area contributed by atoms with Crippen molar-refractivity contribution in [3.8, 4) is 0 Å². The van der Waals surface area contributed by atoms with Crippen molar-refractivity contribution in [2.24, 2.45) is 0 Å². The fraction of sp³-hybridized carbons (Fsp3) is 0.709. The van der Waals surface area contributed by atoms with E-state index in [0.717, 1.165) is 44.9 Å². The maximum Gasteiger partial charge on any atom is 0.330 e. The minimum absolute atomic E-state index is 0.0181. The zero-order valence-electron chi connectivity index (χ0n) is 42.2. The number of allylic oxidation sites excluding steroid dienone is 13. The fourth-order valence-electron chi connectivity index (χ4n) is 7.64. The highest BCUT2D eigenvalue weighted by molar-refractivity contribution is 5.82. The number of ether oxygens (including phenoxy) is 6. The number of carbonyl (C=O) groups excluding carboxylic acids is 2. The van der Waals surface area contributed by atoms with Gasteiger partial charge in [0.05, 0.1) is 19.8 Å². The number of aliphatic hydroxyl groups excluding tert-OH is 7. The Balaban J connectivity index is 1.88. The van der Waals surface area contributed by atoms with E-state index in [-0.39, 0.29) is 6.42 Å². The van der Waals surface area contributed by atoms with Crippen molar-refractivity contribution in [1.29, 1.82) is 0 Å². The van der Waals surface area contributed by atoms with Gasteiger partial charge < -0.3 is 64.2 Å². The van der Waals surface area contributed by atoms with Gasteiger partial charge in [-0.1, -0.05) is 170 Å². The van der Waals surface area contributed by atoms with E-state index in [1.54, 1.807) is 12.2 Å². The minimum Gasteiger partial charge on any atom is -0.458 e. The molecule has 2 rings (SSSR count). The van der Waals surface area contributed by atoms with Crippen LogP contribution in [0.2, 0.25) is 0 Å². The lowest BCUT2D eigenvalue weighted by atomic mass is 9.98. The number of esters is 2. The van der Waals surface area contributed by atoms with Crippen molar-refractivity contribution < 1.29 is 73.8 Å². The quantitative estimate of drug-likeness (QED) is 0.0103. The van der Waals surface area contributed by atoms with Crippen LogP contribution in [0.15, 0.2) is 85.1 Å². The van der Waals surface area contributed by atoms with E-state index in [9.17, 15) is 45.3 Å². The maximum absolute atomic E-state index is 13.0. The largest absolute Gasteiger partial charge is 0.458 e. The molecule has 400 valence electrons. The molecule has 0 radical (unpaired) electrons. The zero-order chi connectivity index (χ0) is 51.0. The van der Waals surface area contributed by atoms with Gasteiger partial charge in [0.1, 0.15) is 55.4 Å². The number of carbonyl (C=O) groups is 2. The molecule has 70 heavy (non-hydrogen) atoms. The van der Waals surface area contributed by atoms with E-state index in [0.29, 0.717) is 12.8 Å². The minimum atomic E-state index is -1.79. The summed E-state index contributed by atoms with van der Waals surface area (Å²) in [7, 11) is 0. The van der Waals surface area contributed by atoms with Crippen molar-refractivity contribution in [3.63, 3.8) is 0 Å². The summed E-state index contributed by atoms with van der Waals surface area (Å²) in [5.74, 6) is -1.28. The molecular weight excluding hydrogens is 901 g/mol. The van der Waals surface area contributed by atoms with Crippen molar-refractivity contribution >= 4 is 11.9 Å². The maximum atomic E-state index is 13.0. The summed E-state index contributed by atoms with van der Waals surface area (Å²) in [5.41, 5.74) is 0. The van der Waals surface area contributed by atoms with Gasteiger partial charge in [0, 0.05) is 12.5 Å². The van der Waals surface area contributed by atoms with Crippen molar-refractivity contribution in [2.45, 2.75) is 223 Å². The normalized spacial score (nSPS) is 26.1. The highest BCUT2D eigenvalue weighted by Crippen LogP contribution is 2.26. The van der Waals surface area contributed by atoms with Gasteiger partial charge in [0.25, 0.3) is 0 Å². The molecule has 2 aliphatic heterocycles. The molecule has 0 aliphatic carbocycles. The Hall–Kier alpha value is -3.32. The lowest BCUT2D eigenvalue weighted by Crippen LogP contribution is -2.61. The summed E-state index contributed by atoms with van der Waals surface area (Å²) in [4.78, 5) is 25.6. The molecule has 2 heterocycles. The van der Waals surface area contributed by atoms with Crippen molar-refractivity contribution in [1.82, 2.24) is 0 Å². The molecule has 0 amide bonds. The fourth-order valence-corrected chi connectivity index (χ4v) is 7.64. The van der Waals surface area contributed by atoms with E-state index in [4.69, 9.17) is 28.4 Å². The van der Waals surface area contributed by atoms with E-state index in [1.807, 2.05) is 24.3 Å². The van der Waals surface area contributed by atoms with Crippen LogP contribution in [-0.2, 0) is 38.0 Å². The highest BCUT2D eigenvalue weighted by Gasteiger charge is 2.47. The Morgan fingerprint density at radius 3 is 1.53 bits per heavy atom. The molecule has 0 aromatic heterocycles. The van der Waals surface area contributed by atoms with Gasteiger partial charge in [-0.2, -0.15) is 0 Å². The van der Waals surface area contributed by atoms with Gasteiger partial charge in [-0.3, -0.25) is 4.79 Å². The van der Waals surface area contributed by atoms with Gasteiger partial charge in [-0.25, -0.2) is 4.79 Å². The standard InChI is InChI=1S/C55H90O15/c1-3-5-7-9-11-13-15-17-19-20-21-22-24-26-28-30-32-34-36-38-47(58)68-43(40-65-46(57)37-35-33-31-29-27-25-23-18-16-14-12-10-8-6-4-2)41-66-54-53(64)51(62)49(60)45(70-54)42-67-55-52(63)50(61)48(59)44(39-56)69-55/h11,13,17,19,21-22,26,28,31-35,37,43-45,48-56,59-64H,3-10,12,14-16,18,20,23-25,27,29-30,36,38-42H2,1-2H3/b13-11+,19-17+,22-21+,28-26+,33-31+,34-32+,37-35+/t43-,44+,45+,48-,49-,50?,51?,52?,53?,54+,55+/m1/s1. The first-order valence-electron chi connectivity index (χ1n) is 26.2. The van der Waals surface area contributed by atoms with E-state index < -0.39 is 106 Å². The summed E-state index contributed by atoms with van der Waals surface area (Å²) >= 11 is 0. The molecule has 7 N–H and O–H groups in total. The first kappa shape index (κ1) is 62.8. The van der Waals surface area contributed by atoms with E-state index >= 15 is 0 Å². The number of hydrogen-bond donors (Lipinski definition) is 7. The third-order valence-corrected chi connectivity index (χ3v) is 12.0. The average Bonchev–Trinajstić information content (AvgIpc) is 3.35. The molecule has 0 bridgehead atoms. The van der Waals surface area contributed by atoms with Crippen LogP contribution in [0.5, 0.6) is 0 Å². The van der Waals surface area contributed by atoms with E-state index in [1.165, 1.54) is 83.1 Å². The molecule has 0 aromatic carbocycles. The molecule has 0 spiro atoms. The monoisotopic (exact) mass is 991 g/mol. The Morgan fingerprint density at radius 1 is 0.500 bits per heavy atom. The molecule has 2 saturated heterocycles. The lowest BCUT2D eigenvalue weighted by Gasteiger charge is -2.42. The molecule has 11 atom stereocenters. The Bertz CT molecular complexity index is 1540. The summed E-state index contributed by atoms with van der Waals surface area (Å²) in [6.45, 7) is 2.35. The van der Waals surface area contributed by atoms with Gasteiger partial charge in [-0.05, 0) is 57.8 Å². The van der Waals surface area contributed by atoms with E-state index in [2.05, 4.69) is 56.4 Å². The van der Waals surface area contributed by atoms with Crippen LogP contribution in [0.3, 0.4) is 0 Å². The Labute approximate surface area is 418 Å². The first-order chi connectivity index (χ1) is 34.0. The first-order valence-corrected chi connectivity index (χ1v) is 26.2. The zero-order valence-corrected chi connectivity index (χ0v) is 42.2. The van der Waals surface area contributed by atoms with Crippen LogP contribution in [0, 0.1) is 0 Å². The third-order valence-electron chi connectivity index (χ3n) is 12.0. The second-order valence-electron chi connectivity index (χ2n) is 18.1. The topological polar surface area (TPSA) is 231 Å². The van der Waals surface area contributed by atoms with Crippen LogP contribution in [0.25, 0.3) is 0 Å². The number of aliphatic hydroxyl groups is 7. The van der Waals surface area contributed by atoms with Gasteiger partial charge in [-0.15, -0.1) is 0 Å². The Kier molecular flexibility index (Phi) is 36.9. The predicted molar refractivity (Wildman–Crippen MR) is 270 cm³/mol. The van der Waals surface area contributed by atoms with Crippen molar-refractivity contribution in [3.05, 3.63) is 85.1 Å². The summed E-state index contributed by atoms with van der Waals surface area (Å²) in [5, 5.41) is 72.1. The molecule has 2 fully saturated rings. The van der Waals surface area contributed by atoms with Crippen LogP contribution in [-0.4, -0.2) is 142 Å². The molecule has 15 nitrogen and oxygen atoms in total. The third kappa shape index (κ3) is 28.7. The second kappa shape index (κ2) is 41.2. The number of hydrogen-bond acceptors (Lipinski definition) is 15. The van der Waals surface area contributed by atoms with Gasteiger partial charge >= 0.3 is 11.9 Å². The van der Waals surface area contributed by atoms with Gasteiger partial charge in [0.15, 0.2) is 18.7 Å². The van der Waals surface area contributed by atoms with Crippen molar-refractivity contribution in [2.75, 3.05) is 26.4 Å². The number of rotatable bonds is 39. The second-order valence-corrected chi connectivity index (χ2v) is 18.1. The molecule has 0 saturated carbocycles. The van der Waals surface area contributed by atoms with Crippen LogP contribution >= 0.6 is 0 Å².